The number of rotatable bonds is 5. The Balaban J connectivity index is 2.13. The Hall–Kier alpha value is -1.91. The predicted octanol–water partition coefficient (Wildman–Crippen LogP) is 2.11. The first-order chi connectivity index (χ1) is 10.0. The summed E-state index contributed by atoms with van der Waals surface area (Å²) in [4.78, 5) is 13.9. The Kier molecular flexibility index (Phi) is 4.94. The second kappa shape index (κ2) is 6.70. The fourth-order valence-corrected chi connectivity index (χ4v) is 2.43. The van der Waals surface area contributed by atoms with E-state index in [-0.39, 0.29) is 11.9 Å². The summed E-state index contributed by atoms with van der Waals surface area (Å²) in [6, 6.07) is 9.68. The number of hydrogen-bond acceptors (Lipinski definition) is 3. The van der Waals surface area contributed by atoms with Crippen LogP contribution in [0.4, 0.5) is 0 Å². The van der Waals surface area contributed by atoms with Gasteiger partial charge in [0.2, 0.25) is 12.3 Å². The maximum atomic E-state index is 12.5. The van der Waals surface area contributed by atoms with E-state index in [1.165, 1.54) is 4.90 Å². The van der Waals surface area contributed by atoms with E-state index in [1.807, 2.05) is 30.3 Å². The standard InChI is InChI=1S/C17H21NO3/c1-4-12(2)13(3)16(19)18-15(11-21-17(18)20)10-14-8-6-5-7-9-14/h4-9,13,15,17,20H,1-2,10-11H2,3H3/t13-,15+,17?/m1/s1. The molecule has 0 spiro atoms. The van der Waals surface area contributed by atoms with Gasteiger partial charge in [-0.15, -0.1) is 0 Å². The molecule has 1 aromatic carbocycles. The van der Waals surface area contributed by atoms with E-state index in [9.17, 15) is 9.90 Å². The molecule has 1 aliphatic rings. The second-order valence-corrected chi connectivity index (χ2v) is 5.25. The number of aliphatic hydroxyl groups excluding tert-OH is 1. The number of allylic oxidation sites excluding steroid dienone is 1. The van der Waals surface area contributed by atoms with E-state index in [0.717, 1.165) is 5.56 Å². The number of hydrogen-bond donors (Lipinski definition) is 1. The van der Waals surface area contributed by atoms with Crippen molar-refractivity contribution in [2.24, 2.45) is 5.92 Å². The lowest BCUT2D eigenvalue weighted by atomic mass is 9.99. The van der Waals surface area contributed by atoms with Crippen molar-refractivity contribution < 1.29 is 14.6 Å². The zero-order valence-corrected chi connectivity index (χ0v) is 12.2. The molecule has 1 heterocycles. The smallest absolute Gasteiger partial charge is 0.240 e. The summed E-state index contributed by atoms with van der Waals surface area (Å²) in [5, 5.41) is 9.94. The lowest BCUT2D eigenvalue weighted by Gasteiger charge is -2.28. The van der Waals surface area contributed by atoms with Gasteiger partial charge in [-0.05, 0) is 24.5 Å². The van der Waals surface area contributed by atoms with Crippen LogP contribution in [-0.2, 0) is 16.0 Å². The fourth-order valence-electron chi connectivity index (χ4n) is 2.43. The summed E-state index contributed by atoms with van der Waals surface area (Å²) in [6.07, 6.45) is 1.03. The molecule has 1 aromatic rings. The van der Waals surface area contributed by atoms with Gasteiger partial charge in [-0.25, -0.2) is 0 Å². The van der Waals surface area contributed by atoms with Crippen molar-refractivity contribution >= 4 is 5.91 Å². The average Bonchev–Trinajstić information content (AvgIpc) is 2.86. The van der Waals surface area contributed by atoms with Crippen LogP contribution < -0.4 is 0 Å². The Morgan fingerprint density at radius 3 is 2.81 bits per heavy atom. The van der Waals surface area contributed by atoms with Gasteiger partial charge < -0.3 is 9.84 Å². The number of ether oxygens (including phenoxy) is 1. The molecular weight excluding hydrogens is 266 g/mol. The number of carbonyl (C=O) groups excluding carboxylic acids is 1. The van der Waals surface area contributed by atoms with Crippen LogP contribution in [0.15, 0.2) is 55.1 Å². The highest BCUT2D eigenvalue weighted by Crippen LogP contribution is 2.24. The summed E-state index contributed by atoms with van der Waals surface area (Å²) in [6.45, 7) is 9.53. The highest BCUT2D eigenvalue weighted by atomic mass is 16.6. The molecule has 3 atom stereocenters. The van der Waals surface area contributed by atoms with Crippen molar-refractivity contribution in [1.29, 1.82) is 0 Å². The van der Waals surface area contributed by atoms with Gasteiger partial charge in [0.05, 0.1) is 18.6 Å². The van der Waals surface area contributed by atoms with Gasteiger partial charge in [0.15, 0.2) is 0 Å². The Bertz CT molecular complexity index is 526. The molecule has 112 valence electrons. The molecule has 2 rings (SSSR count). The largest absolute Gasteiger partial charge is 0.351 e. The van der Waals surface area contributed by atoms with Gasteiger partial charge in [0.25, 0.3) is 0 Å². The van der Waals surface area contributed by atoms with Crippen molar-refractivity contribution in [2.75, 3.05) is 6.61 Å². The van der Waals surface area contributed by atoms with E-state index in [0.29, 0.717) is 18.6 Å². The Labute approximate surface area is 125 Å². The third kappa shape index (κ3) is 3.40. The van der Waals surface area contributed by atoms with Gasteiger partial charge in [0, 0.05) is 0 Å². The van der Waals surface area contributed by atoms with E-state index in [2.05, 4.69) is 13.2 Å². The van der Waals surface area contributed by atoms with Crippen molar-refractivity contribution in [3.05, 3.63) is 60.7 Å². The van der Waals surface area contributed by atoms with Crippen LogP contribution in [-0.4, -0.2) is 35.0 Å². The SMILES string of the molecule is C=CC(=C)[C@@H](C)C(=O)N1C(O)OC[C@@H]1Cc1ccccc1. The van der Waals surface area contributed by atoms with Crippen molar-refractivity contribution in [2.45, 2.75) is 25.8 Å². The molecule has 1 N–H and O–H groups in total. The van der Waals surface area contributed by atoms with Gasteiger partial charge in [-0.3, -0.25) is 9.69 Å². The van der Waals surface area contributed by atoms with Crippen LogP contribution in [0.2, 0.25) is 0 Å². The van der Waals surface area contributed by atoms with Crippen LogP contribution in [0.3, 0.4) is 0 Å². The first kappa shape index (κ1) is 15.5. The van der Waals surface area contributed by atoms with Crippen LogP contribution >= 0.6 is 0 Å². The normalized spacial score (nSPS) is 22.9. The molecule has 1 unspecified atom stereocenters. The molecule has 1 saturated heterocycles. The summed E-state index contributed by atoms with van der Waals surface area (Å²) >= 11 is 0. The van der Waals surface area contributed by atoms with Crippen LogP contribution in [0.5, 0.6) is 0 Å². The van der Waals surface area contributed by atoms with Crippen LogP contribution in [0.1, 0.15) is 12.5 Å². The number of nitrogens with zero attached hydrogens (tertiary/aromatic N) is 1. The molecule has 1 fully saturated rings. The molecular formula is C17H21NO3. The lowest BCUT2D eigenvalue weighted by molar-refractivity contribution is -0.167. The first-order valence-corrected chi connectivity index (χ1v) is 7.01. The maximum Gasteiger partial charge on any atom is 0.240 e. The highest BCUT2D eigenvalue weighted by Gasteiger charge is 2.38. The minimum absolute atomic E-state index is 0.171. The monoisotopic (exact) mass is 287 g/mol. The minimum atomic E-state index is -1.19. The molecule has 4 nitrogen and oxygen atoms in total. The van der Waals surface area contributed by atoms with Gasteiger partial charge in [-0.2, -0.15) is 0 Å². The quantitative estimate of drug-likeness (QED) is 0.844. The van der Waals surface area contributed by atoms with E-state index >= 15 is 0 Å². The van der Waals surface area contributed by atoms with Gasteiger partial charge in [-0.1, -0.05) is 49.6 Å². The highest BCUT2D eigenvalue weighted by molar-refractivity contribution is 5.82. The first-order valence-electron chi connectivity index (χ1n) is 7.01. The predicted molar refractivity (Wildman–Crippen MR) is 81.2 cm³/mol. The summed E-state index contributed by atoms with van der Waals surface area (Å²) in [5.41, 5.74) is 1.74. The lowest BCUT2D eigenvalue weighted by Crippen LogP contribution is -2.45. The van der Waals surface area contributed by atoms with Crippen LogP contribution in [0.25, 0.3) is 0 Å². The minimum Gasteiger partial charge on any atom is -0.351 e. The van der Waals surface area contributed by atoms with E-state index < -0.39 is 12.3 Å². The molecule has 1 aliphatic heterocycles. The Morgan fingerprint density at radius 1 is 1.52 bits per heavy atom. The van der Waals surface area contributed by atoms with Gasteiger partial charge in [0.1, 0.15) is 0 Å². The fraction of sp³-hybridized carbons (Fsp3) is 0.353. The van der Waals surface area contributed by atoms with Crippen molar-refractivity contribution in [3.63, 3.8) is 0 Å². The van der Waals surface area contributed by atoms with Crippen molar-refractivity contribution in [1.82, 2.24) is 4.90 Å². The number of benzene rings is 1. The summed E-state index contributed by atoms with van der Waals surface area (Å²) in [7, 11) is 0. The van der Waals surface area contributed by atoms with Crippen LogP contribution in [0, 0.1) is 5.92 Å². The summed E-state index contributed by atoms with van der Waals surface area (Å²) < 4.78 is 5.24. The van der Waals surface area contributed by atoms with Gasteiger partial charge >= 0.3 is 0 Å². The molecule has 0 saturated carbocycles. The third-order valence-corrected chi connectivity index (χ3v) is 3.83. The molecule has 0 aliphatic carbocycles. The Morgan fingerprint density at radius 2 is 2.19 bits per heavy atom. The molecule has 0 radical (unpaired) electrons. The van der Waals surface area contributed by atoms with E-state index in [4.69, 9.17) is 4.74 Å². The number of aliphatic hydroxyl groups is 1. The number of amides is 1. The van der Waals surface area contributed by atoms with Crippen molar-refractivity contribution in [3.8, 4) is 0 Å². The molecule has 0 bridgehead atoms. The second-order valence-electron chi connectivity index (χ2n) is 5.25. The molecule has 4 heteroatoms. The van der Waals surface area contributed by atoms with E-state index in [1.54, 1.807) is 13.0 Å². The molecule has 0 aromatic heterocycles. The average molecular weight is 287 g/mol. The summed E-state index contributed by atoms with van der Waals surface area (Å²) in [5.74, 6) is -0.608. The number of carbonyl (C=O) groups is 1. The zero-order valence-electron chi connectivity index (χ0n) is 12.2. The zero-order chi connectivity index (χ0) is 15.4. The topological polar surface area (TPSA) is 49.8 Å². The maximum absolute atomic E-state index is 12.5. The molecule has 21 heavy (non-hydrogen) atoms. The third-order valence-electron chi connectivity index (χ3n) is 3.83. The molecule has 1 amide bonds.